The summed E-state index contributed by atoms with van der Waals surface area (Å²) in [6.07, 6.45) is 0. The Morgan fingerprint density at radius 2 is 1.76 bits per heavy atom. The highest BCUT2D eigenvalue weighted by Gasteiger charge is 2.25. The van der Waals surface area contributed by atoms with Crippen molar-refractivity contribution in [1.82, 2.24) is 4.57 Å². The lowest BCUT2D eigenvalue weighted by Gasteiger charge is -2.10. The Balaban J connectivity index is 1.90. The fourth-order valence-electron chi connectivity index (χ4n) is 3.17. The highest BCUT2D eigenvalue weighted by atomic mass is 127. The smallest absolute Gasteiger partial charge is 0.356 e. The number of rotatable bonds is 5. The van der Waals surface area contributed by atoms with Gasteiger partial charge < -0.3 is 14.4 Å². The lowest BCUT2D eigenvalue weighted by atomic mass is 10.2. The van der Waals surface area contributed by atoms with E-state index in [9.17, 15) is 9.90 Å². The zero-order valence-electron chi connectivity index (χ0n) is 14.9. The third-order valence-electron chi connectivity index (χ3n) is 4.47. The van der Waals surface area contributed by atoms with Gasteiger partial charge in [0.05, 0.1) is 5.52 Å². The van der Waals surface area contributed by atoms with Crippen molar-refractivity contribution in [3.63, 3.8) is 0 Å². The second-order valence-corrected chi connectivity index (χ2v) is 9.01. The molecule has 0 saturated heterocycles. The van der Waals surface area contributed by atoms with Crippen LogP contribution in [-0.2, 0) is 6.54 Å². The molecule has 0 radical (unpaired) electrons. The van der Waals surface area contributed by atoms with Crippen LogP contribution >= 0.6 is 50.1 Å². The number of aromatic carboxylic acids is 1. The lowest BCUT2D eigenvalue weighted by molar-refractivity contribution is 0.0683. The Morgan fingerprint density at radius 3 is 2.41 bits per heavy atom. The minimum Gasteiger partial charge on any atom is -0.476 e. The second-order valence-electron chi connectivity index (χ2n) is 6.41. The molecular weight excluding hydrogens is 569 g/mol. The van der Waals surface area contributed by atoms with Crippen molar-refractivity contribution in [3.05, 3.63) is 91.1 Å². The van der Waals surface area contributed by atoms with Gasteiger partial charge in [0.15, 0.2) is 11.4 Å². The molecule has 3 aromatic carbocycles. The van der Waals surface area contributed by atoms with Gasteiger partial charge in [0.1, 0.15) is 5.75 Å². The number of carboxylic acids is 1. The van der Waals surface area contributed by atoms with Crippen LogP contribution < -0.4 is 4.74 Å². The SMILES string of the molecule is O=C(O)c1c(Oc2ccc(I)cc2)c2cc(Cl)ccc2n1Cc1ccc(Br)cc1. The predicted octanol–water partition coefficient (Wildman–Crippen LogP) is 7.20. The lowest BCUT2D eigenvalue weighted by Crippen LogP contribution is -2.10. The summed E-state index contributed by atoms with van der Waals surface area (Å²) in [4.78, 5) is 12.2. The molecule has 4 nitrogen and oxygen atoms in total. The van der Waals surface area contributed by atoms with Crippen molar-refractivity contribution in [1.29, 1.82) is 0 Å². The number of carbonyl (C=O) groups is 1. The summed E-state index contributed by atoms with van der Waals surface area (Å²) in [7, 11) is 0. The Hall–Kier alpha value is -2.03. The molecule has 7 heteroatoms. The van der Waals surface area contributed by atoms with Crippen LogP contribution in [0.3, 0.4) is 0 Å². The number of aromatic nitrogens is 1. The summed E-state index contributed by atoms with van der Waals surface area (Å²) in [5, 5.41) is 11.2. The minimum absolute atomic E-state index is 0.0868. The molecule has 0 bridgehead atoms. The average molecular weight is 583 g/mol. The van der Waals surface area contributed by atoms with Gasteiger partial charge >= 0.3 is 5.97 Å². The van der Waals surface area contributed by atoms with Crippen molar-refractivity contribution in [2.75, 3.05) is 0 Å². The van der Waals surface area contributed by atoms with Gasteiger partial charge in [-0.25, -0.2) is 4.79 Å². The number of hydrogen-bond acceptors (Lipinski definition) is 2. The van der Waals surface area contributed by atoms with Gasteiger partial charge in [-0.05, 0) is 82.8 Å². The predicted molar refractivity (Wildman–Crippen MR) is 126 cm³/mol. The van der Waals surface area contributed by atoms with Gasteiger partial charge in [0.2, 0.25) is 0 Å². The Labute approximate surface area is 194 Å². The molecule has 1 heterocycles. The Kier molecular flexibility index (Phi) is 5.85. The largest absolute Gasteiger partial charge is 0.476 e. The first kappa shape index (κ1) is 20.3. The molecule has 0 amide bonds. The third-order valence-corrected chi connectivity index (χ3v) is 5.95. The van der Waals surface area contributed by atoms with Crippen LogP contribution in [0, 0.1) is 3.57 Å². The molecule has 1 N–H and O–H groups in total. The summed E-state index contributed by atoms with van der Waals surface area (Å²) in [6, 6.07) is 20.5. The van der Waals surface area contributed by atoms with Gasteiger partial charge in [0.25, 0.3) is 0 Å². The summed E-state index contributed by atoms with van der Waals surface area (Å²) >= 11 is 11.8. The van der Waals surface area contributed by atoms with E-state index in [4.69, 9.17) is 16.3 Å². The maximum atomic E-state index is 12.2. The van der Waals surface area contributed by atoms with Crippen LogP contribution in [0.1, 0.15) is 16.1 Å². The molecule has 1 aromatic heterocycles. The highest BCUT2D eigenvalue weighted by molar-refractivity contribution is 14.1. The van der Waals surface area contributed by atoms with E-state index in [-0.39, 0.29) is 11.4 Å². The fourth-order valence-corrected chi connectivity index (χ4v) is 3.97. The number of hydrogen-bond donors (Lipinski definition) is 1. The summed E-state index contributed by atoms with van der Waals surface area (Å²) in [5.74, 6) is -0.209. The van der Waals surface area contributed by atoms with Crippen LogP contribution in [0.4, 0.5) is 0 Å². The molecule has 4 rings (SSSR count). The number of carboxylic acid groups (broad SMARTS) is 1. The van der Waals surface area contributed by atoms with Crippen molar-refractivity contribution in [2.24, 2.45) is 0 Å². The molecular formula is C22H14BrClINO3. The number of nitrogens with zero attached hydrogens (tertiary/aromatic N) is 1. The van der Waals surface area contributed by atoms with Crippen molar-refractivity contribution in [2.45, 2.75) is 6.54 Å². The van der Waals surface area contributed by atoms with Crippen LogP contribution in [0.15, 0.2) is 71.2 Å². The Bertz CT molecular complexity index is 1200. The van der Waals surface area contributed by atoms with E-state index in [2.05, 4.69) is 38.5 Å². The zero-order chi connectivity index (χ0) is 20.5. The molecule has 0 aliphatic carbocycles. The van der Waals surface area contributed by atoms with E-state index in [1.165, 1.54) is 0 Å². The molecule has 0 saturated carbocycles. The molecule has 146 valence electrons. The molecule has 0 fully saturated rings. The first-order valence-corrected chi connectivity index (χ1v) is 10.9. The summed E-state index contributed by atoms with van der Waals surface area (Å²) in [6.45, 7) is 0.392. The summed E-state index contributed by atoms with van der Waals surface area (Å²) in [5.41, 5.74) is 1.81. The standard InChI is InChI=1S/C22H14BrClINO3/c23-14-3-1-13(2-4-14)12-26-19-10-5-15(24)11-18(19)21(20(26)22(27)28)29-17-8-6-16(25)7-9-17/h1-11H,12H2,(H,27,28). The second kappa shape index (κ2) is 8.38. The van der Waals surface area contributed by atoms with E-state index in [1.54, 1.807) is 16.7 Å². The normalized spacial score (nSPS) is 11.0. The highest BCUT2D eigenvalue weighted by Crippen LogP contribution is 2.38. The van der Waals surface area contributed by atoms with E-state index in [0.29, 0.717) is 22.7 Å². The number of fused-ring (bicyclic) bond motifs is 1. The van der Waals surface area contributed by atoms with E-state index < -0.39 is 5.97 Å². The van der Waals surface area contributed by atoms with Gasteiger partial charge in [0, 0.05) is 25.0 Å². The van der Waals surface area contributed by atoms with E-state index in [1.807, 2.05) is 54.6 Å². The van der Waals surface area contributed by atoms with Crippen molar-refractivity contribution < 1.29 is 14.6 Å². The first-order valence-electron chi connectivity index (χ1n) is 8.65. The van der Waals surface area contributed by atoms with Crippen LogP contribution in [-0.4, -0.2) is 15.6 Å². The monoisotopic (exact) mass is 581 g/mol. The molecule has 0 spiro atoms. The number of ether oxygens (including phenoxy) is 1. The average Bonchev–Trinajstić information content (AvgIpc) is 2.98. The zero-order valence-corrected chi connectivity index (χ0v) is 19.4. The number of benzene rings is 3. The van der Waals surface area contributed by atoms with Gasteiger partial charge in [-0.2, -0.15) is 0 Å². The fraction of sp³-hybridized carbons (Fsp3) is 0.0455. The van der Waals surface area contributed by atoms with Crippen LogP contribution in [0.25, 0.3) is 10.9 Å². The molecule has 29 heavy (non-hydrogen) atoms. The van der Waals surface area contributed by atoms with E-state index >= 15 is 0 Å². The summed E-state index contributed by atoms with van der Waals surface area (Å²) < 4.78 is 9.84. The van der Waals surface area contributed by atoms with Gasteiger partial charge in [-0.15, -0.1) is 0 Å². The van der Waals surface area contributed by atoms with E-state index in [0.717, 1.165) is 19.1 Å². The molecule has 0 atom stereocenters. The molecule has 0 unspecified atom stereocenters. The molecule has 0 aliphatic rings. The third kappa shape index (κ3) is 4.29. The first-order chi connectivity index (χ1) is 13.9. The molecule has 4 aromatic rings. The number of halogens is 3. The van der Waals surface area contributed by atoms with Gasteiger partial charge in [-0.1, -0.05) is 39.7 Å². The topological polar surface area (TPSA) is 51.5 Å². The maximum Gasteiger partial charge on any atom is 0.356 e. The van der Waals surface area contributed by atoms with Crippen molar-refractivity contribution in [3.8, 4) is 11.5 Å². The Morgan fingerprint density at radius 1 is 1.07 bits per heavy atom. The maximum absolute atomic E-state index is 12.2. The van der Waals surface area contributed by atoms with Crippen LogP contribution in [0.2, 0.25) is 5.02 Å². The quantitative estimate of drug-likeness (QED) is 0.253. The van der Waals surface area contributed by atoms with Crippen molar-refractivity contribution >= 4 is 67.0 Å². The minimum atomic E-state index is -1.06. The van der Waals surface area contributed by atoms with Gasteiger partial charge in [-0.3, -0.25) is 0 Å². The van der Waals surface area contributed by atoms with Crippen LogP contribution in [0.5, 0.6) is 11.5 Å². The molecule has 0 aliphatic heterocycles.